The molecule has 76 valence electrons. The molecule has 2 unspecified atom stereocenters. The van der Waals surface area contributed by atoms with Crippen LogP contribution in [-0.2, 0) is 0 Å². The molecular formula is C10H12BrClN2. The third-order valence-electron chi connectivity index (χ3n) is 2.58. The summed E-state index contributed by atoms with van der Waals surface area (Å²) in [7, 11) is 0. The van der Waals surface area contributed by atoms with Gasteiger partial charge in [-0.3, -0.25) is 0 Å². The summed E-state index contributed by atoms with van der Waals surface area (Å²) in [6.07, 6.45) is 4.16. The van der Waals surface area contributed by atoms with Crippen molar-refractivity contribution in [3.05, 3.63) is 21.8 Å². The normalized spacial score (nSPS) is 24.8. The van der Waals surface area contributed by atoms with Crippen LogP contribution in [0.15, 0.2) is 16.7 Å². The molecule has 4 heteroatoms. The minimum atomic E-state index is 0.602. The lowest BCUT2D eigenvalue weighted by Gasteiger charge is -2.06. The second-order valence-electron chi connectivity index (χ2n) is 3.64. The molecule has 1 aromatic rings. The molecule has 0 radical (unpaired) electrons. The standard InChI is InChI=1S/C10H12BrClN2/c1-2-6-3-9(6)14-10-8(11)4-7(12)5-13-10/h4-6,9H,2-3H2,1H3,(H,13,14). The van der Waals surface area contributed by atoms with E-state index in [0.717, 1.165) is 16.2 Å². The number of aromatic nitrogens is 1. The van der Waals surface area contributed by atoms with E-state index >= 15 is 0 Å². The average Bonchev–Trinajstić information content (AvgIpc) is 2.89. The summed E-state index contributed by atoms with van der Waals surface area (Å²) in [5, 5.41) is 4.05. The number of nitrogens with zero attached hydrogens (tertiary/aromatic N) is 1. The Balaban J connectivity index is 2.03. The van der Waals surface area contributed by atoms with E-state index in [1.54, 1.807) is 6.20 Å². The third kappa shape index (κ3) is 2.20. The summed E-state index contributed by atoms with van der Waals surface area (Å²) in [5.74, 6) is 1.72. The van der Waals surface area contributed by atoms with Crippen LogP contribution in [0.25, 0.3) is 0 Å². The molecule has 1 fully saturated rings. The lowest BCUT2D eigenvalue weighted by Crippen LogP contribution is -2.06. The largest absolute Gasteiger partial charge is 0.366 e. The van der Waals surface area contributed by atoms with Gasteiger partial charge in [-0.2, -0.15) is 0 Å². The van der Waals surface area contributed by atoms with Crippen LogP contribution in [0.2, 0.25) is 5.02 Å². The van der Waals surface area contributed by atoms with Gasteiger partial charge in [0.15, 0.2) is 0 Å². The van der Waals surface area contributed by atoms with Crippen molar-refractivity contribution in [3.8, 4) is 0 Å². The monoisotopic (exact) mass is 274 g/mol. The van der Waals surface area contributed by atoms with Gasteiger partial charge in [0.25, 0.3) is 0 Å². The molecule has 1 saturated carbocycles. The van der Waals surface area contributed by atoms with Gasteiger partial charge in [0.2, 0.25) is 0 Å². The van der Waals surface area contributed by atoms with E-state index in [1.807, 2.05) is 6.07 Å². The van der Waals surface area contributed by atoms with Gasteiger partial charge in [0.1, 0.15) is 5.82 Å². The van der Waals surface area contributed by atoms with Crippen molar-refractivity contribution in [2.45, 2.75) is 25.8 Å². The van der Waals surface area contributed by atoms with Crippen molar-refractivity contribution in [3.63, 3.8) is 0 Å². The summed E-state index contributed by atoms with van der Waals surface area (Å²) in [4.78, 5) is 4.24. The van der Waals surface area contributed by atoms with E-state index in [-0.39, 0.29) is 0 Å². The molecule has 2 atom stereocenters. The molecule has 1 aliphatic rings. The highest BCUT2D eigenvalue weighted by Gasteiger charge is 2.35. The number of rotatable bonds is 3. The lowest BCUT2D eigenvalue weighted by atomic mass is 10.3. The molecule has 1 aliphatic carbocycles. The van der Waals surface area contributed by atoms with E-state index in [9.17, 15) is 0 Å². The van der Waals surface area contributed by atoms with Crippen LogP contribution >= 0.6 is 27.5 Å². The van der Waals surface area contributed by atoms with E-state index in [4.69, 9.17) is 11.6 Å². The summed E-state index contributed by atoms with van der Waals surface area (Å²) in [6, 6.07) is 2.46. The molecule has 0 aromatic carbocycles. The van der Waals surface area contributed by atoms with Crippen molar-refractivity contribution in [2.24, 2.45) is 5.92 Å². The zero-order valence-electron chi connectivity index (χ0n) is 7.93. The highest BCUT2D eigenvalue weighted by atomic mass is 79.9. The van der Waals surface area contributed by atoms with Crippen molar-refractivity contribution in [1.82, 2.24) is 4.98 Å². The van der Waals surface area contributed by atoms with Crippen molar-refractivity contribution >= 4 is 33.3 Å². The van der Waals surface area contributed by atoms with E-state index in [1.165, 1.54) is 12.8 Å². The molecule has 1 heterocycles. The number of hydrogen-bond acceptors (Lipinski definition) is 2. The molecule has 0 amide bonds. The second kappa shape index (κ2) is 4.07. The first-order valence-electron chi connectivity index (χ1n) is 4.78. The van der Waals surface area contributed by atoms with Crippen molar-refractivity contribution in [1.29, 1.82) is 0 Å². The Bertz CT molecular complexity index is 343. The minimum absolute atomic E-state index is 0.602. The maximum absolute atomic E-state index is 5.80. The minimum Gasteiger partial charge on any atom is -0.366 e. The Kier molecular flexibility index (Phi) is 2.98. The number of hydrogen-bond donors (Lipinski definition) is 1. The highest BCUT2D eigenvalue weighted by Crippen LogP contribution is 2.37. The fourth-order valence-corrected chi connectivity index (χ4v) is 2.33. The van der Waals surface area contributed by atoms with Crippen molar-refractivity contribution in [2.75, 3.05) is 5.32 Å². The molecule has 1 aromatic heterocycles. The Morgan fingerprint density at radius 2 is 2.50 bits per heavy atom. The predicted molar refractivity (Wildman–Crippen MR) is 62.8 cm³/mol. The molecule has 0 aliphatic heterocycles. The highest BCUT2D eigenvalue weighted by molar-refractivity contribution is 9.10. The smallest absolute Gasteiger partial charge is 0.140 e. The van der Waals surface area contributed by atoms with Crippen LogP contribution in [-0.4, -0.2) is 11.0 Å². The SMILES string of the molecule is CCC1CC1Nc1ncc(Cl)cc1Br. The average molecular weight is 276 g/mol. The van der Waals surface area contributed by atoms with Gasteiger partial charge < -0.3 is 5.32 Å². The van der Waals surface area contributed by atoms with Crippen LogP contribution in [0.1, 0.15) is 19.8 Å². The Labute approximate surface area is 97.2 Å². The quantitative estimate of drug-likeness (QED) is 0.909. The maximum Gasteiger partial charge on any atom is 0.140 e. The van der Waals surface area contributed by atoms with Crippen LogP contribution in [0.5, 0.6) is 0 Å². The summed E-state index contributed by atoms with van der Waals surface area (Å²) in [5.41, 5.74) is 0. The number of halogens is 2. The Morgan fingerprint density at radius 1 is 1.71 bits per heavy atom. The topological polar surface area (TPSA) is 24.9 Å². The first-order chi connectivity index (χ1) is 6.70. The summed E-state index contributed by atoms with van der Waals surface area (Å²) >= 11 is 9.24. The van der Waals surface area contributed by atoms with Gasteiger partial charge in [-0.15, -0.1) is 0 Å². The zero-order chi connectivity index (χ0) is 10.1. The van der Waals surface area contributed by atoms with E-state index < -0.39 is 0 Å². The molecule has 0 bridgehead atoms. The Morgan fingerprint density at radius 3 is 3.07 bits per heavy atom. The molecule has 0 spiro atoms. The third-order valence-corrected chi connectivity index (χ3v) is 3.39. The predicted octanol–water partition coefficient (Wildman–Crippen LogP) is 3.71. The molecular weight excluding hydrogens is 263 g/mol. The van der Waals surface area contributed by atoms with Gasteiger partial charge in [0.05, 0.1) is 9.50 Å². The number of pyridine rings is 1. The van der Waals surface area contributed by atoms with Gasteiger partial charge in [-0.25, -0.2) is 4.98 Å². The zero-order valence-corrected chi connectivity index (χ0v) is 10.3. The molecule has 14 heavy (non-hydrogen) atoms. The van der Waals surface area contributed by atoms with Crippen LogP contribution < -0.4 is 5.32 Å². The lowest BCUT2D eigenvalue weighted by molar-refractivity contribution is 0.773. The second-order valence-corrected chi connectivity index (χ2v) is 4.93. The maximum atomic E-state index is 5.80. The first kappa shape index (κ1) is 10.2. The molecule has 2 rings (SSSR count). The van der Waals surface area contributed by atoms with Crippen LogP contribution in [0.3, 0.4) is 0 Å². The fourth-order valence-electron chi connectivity index (χ4n) is 1.57. The molecule has 2 nitrogen and oxygen atoms in total. The summed E-state index contributed by atoms with van der Waals surface area (Å²) < 4.78 is 0.937. The van der Waals surface area contributed by atoms with Gasteiger partial charge in [-0.1, -0.05) is 24.9 Å². The molecule has 0 saturated heterocycles. The van der Waals surface area contributed by atoms with Gasteiger partial charge in [-0.05, 0) is 34.3 Å². The van der Waals surface area contributed by atoms with E-state index in [2.05, 4.69) is 33.2 Å². The van der Waals surface area contributed by atoms with Crippen LogP contribution in [0, 0.1) is 5.92 Å². The molecule has 1 N–H and O–H groups in total. The Hall–Kier alpha value is -0.280. The first-order valence-corrected chi connectivity index (χ1v) is 5.95. The van der Waals surface area contributed by atoms with E-state index in [0.29, 0.717) is 11.1 Å². The summed E-state index contributed by atoms with van der Waals surface area (Å²) in [6.45, 7) is 2.22. The fraction of sp³-hybridized carbons (Fsp3) is 0.500. The number of nitrogens with one attached hydrogen (secondary N) is 1. The van der Waals surface area contributed by atoms with Crippen molar-refractivity contribution < 1.29 is 0 Å². The number of anilines is 1. The van der Waals surface area contributed by atoms with Gasteiger partial charge >= 0.3 is 0 Å². The van der Waals surface area contributed by atoms with Crippen LogP contribution in [0.4, 0.5) is 5.82 Å². The van der Waals surface area contributed by atoms with Gasteiger partial charge in [0, 0.05) is 12.2 Å².